The molecule has 3 heterocycles. The van der Waals surface area contributed by atoms with Gasteiger partial charge in [-0.15, -0.1) is 0 Å². The second-order valence-electron chi connectivity index (χ2n) is 7.49. The molecule has 1 aliphatic rings. The lowest BCUT2D eigenvalue weighted by Crippen LogP contribution is -2.34. The highest BCUT2D eigenvalue weighted by atomic mass is 19.1. The molecule has 5 nitrogen and oxygen atoms in total. The first-order chi connectivity index (χ1) is 13.5. The van der Waals surface area contributed by atoms with Gasteiger partial charge in [0.1, 0.15) is 23.2 Å². The van der Waals surface area contributed by atoms with Crippen LogP contribution in [-0.2, 0) is 6.54 Å². The number of likely N-dealkylation sites (tertiary alicyclic amines) is 1. The molecule has 0 radical (unpaired) electrons. The molecule has 0 aliphatic carbocycles. The molecule has 1 unspecified atom stereocenters. The molecule has 0 bridgehead atoms. The zero-order valence-corrected chi connectivity index (χ0v) is 16.0. The Morgan fingerprint density at radius 2 is 1.89 bits per heavy atom. The van der Waals surface area contributed by atoms with Crippen LogP contribution in [0.2, 0.25) is 0 Å². The topological polar surface area (TPSA) is 57.7 Å². The lowest BCUT2D eigenvalue weighted by atomic mass is 9.93. The zero-order valence-electron chi connectivity index (χ0n) is 16.0. The number of imidazole rings is 1. The number of benzene rings is 1. The van der Waals surface area contributed by atoms with Crippen LogP contribution in [0.3, 0.4) is 0 Å². The number of aryl methyl sites for hydroxylation is 2. The molecule has 1 aromatic carbocycles. The Kier molecular flexibility index (Phi) is 5.17. The van der Waals surface area contributed by atoms with E-state index in [2.05, 4.69) is 24.8 Å². The van der Waals surface area contributed by atoms with Gasteiger partial charge in [0.05, 0.1) is 0 Å². The van der Waals surface area contributed by atoms with E-state index in [-0.39, 0.29) is 5.92 Å². The fraction of sp³-hybridized carbons (Fsp3) is 0.381. The van der Waals surface area contributed by atoms with Crippen LogP contribution in [0.1, 0.15) is 41.5 Å². The van der Waals surface area contributed by atoms with E-state index >= 15 is 0 Å². The van der Waals surface area contributed by atoms with Gasteiger partial charge >= 0.3 is 0 Å². The first kappa shape index (κ1) is 18.7. The highest BCUT2D eigenvalue weighted by molar-refractivity contribution is 5.50. The van der Waals surface area contributed by atoms with E-state index in [1.165, 1.54) is 12.1 Å². The van der Waals surface area contributed by atoms with Crippen molar-refractivity contribution < 1.29 is 8.78 Å². The first-order valence-electron chi connectivity index (χ1n) is 9.51. The van der Waals surface area contributed by atoms with Crippen molar-refractivity contribution in [3.8, 4) is 11.5 Å². The van der Waals surface area contributed by atoms with Gasteiger partial charge < -0.3 is 4.98 Å². The van der Waals surface area contributed by atoms with Gasteiger partial charge in [-0.1, -0.05) is 0 Å². The number of nitrogens with one attached hydrogen (secondary N) is 1. The Balaban J connectivity index is 1.53. The van der Waals surface area contributed by atoms with Gasteiger partial charge in [0, 0.05) is 42.7 Å². The van der Waals surface area contributed by atoms with Crippen LogP contribution in [0, 0.1) is 25.5 Å². The summed E-state index contributed by atoms with van der Waals surface area (Å²) in [7, 11) is 0. The normalized spacial score (nSPS) is 17.8. The van der Waals surface area contributed by atoms with E-state index in [9.17, 15) is 8.78 Å². The molecule has 2 aromatic heterocycles. The maximum absolute atomic E-state index is 13.5. The van der Waals surface area contributed by atoms with Crippen LogP contribution in [-0.4, -0.2) is 37.9 Å². The number of hydrogen-bond acceptors (Lipinski definition) is 4. The van der Waals surface area contributed by atoms with E-state index in [1.54, 1.807) is 6.20 Å². The van der Waals surface area contributed by atoms with Crippen molar-refractivity contribution in [2.75, 3.05) is 13.1 Å². The van der Waals surface area contributed by atoms with Crippen LogP contribution in [0.15, 0.2) is 30.5 Å². The van der Waals surface area contributed by atoms with E-state index in [0.717, 1.165) is 54.9 Å². The molecule has 0 saturated carbocycles. The fourth-order valence-corrected chi connectivity index (χ4v) is 3.87. The van der Waals surface area contributed by atoms with Crippen molar-refractivity contribution in [2.45, 2.75) is 39.2 Å². The maximum Gasteiger partial charge on any atom is 0.156 e. The summed E-state index contributed by atoms with van der Waals surface area (Å²) in [5.74, 6) is 0.642. The van der Waals surface area contributed by atoms with Gasteiger partial charge in [-0.05, 0) is 57.0 Å². The van der Waals surface area contributed by atoms with Crippen LogP contribution < -0.4 is 0 Å². The lowest BCUT2D eigenvalue weighted by molar-refractivity contribution is 0.198. The maximum atomic E-state index is 13.5. The second kappa shape index (κ2) is 7.75. The van der Waals surface area contributed by atoms with Crippen molar-refractivity contribution >= 4 is 0 Å². The van der Waals surface area contributed by atoms with Crippen molar-refractivity contribution in [1.82, 2.24) is 24.8 Å². The Morgan fingerprint density at radius 1 is 1.11 bits per heavy atom. The van der Waals surface area contributed by atoms with Gasteiger partial charge in [-0.2, -0.15) is 0 Å². The minimum Gasteiger partial charge on any atom is -0.341 e. The third-order valence-corrected chi connectivity index (χ3v) is 5.06. The number of aromatic nitrogens is 4. The first-order valence-corrected chi connectivity index (χ1v) is 9.51. The van der Waals surface area contributed by atoms with E-state index in [4.69, 9.17) is 0 Å². The third kappa shape index (κ3) is 4.25. The molecule has 1 N–H and O–H groups in total. The monoisotopic (exact) mass is 383 g/mol. The lowest BCUT2D eigenvalue weighted by Gasteiger charge is -2.32. The van der Waals surface area contributed by atoms with Gasteiger partial charge in [0.25, 0.3) is 0 Å². The average molecular weight is 383 g/mol. The fourth-order valence-electron chi connectivity index (χ4n) is 3.87. The molecule has 7 heteroatoms. The minimum atomic E-state index is -0.534. The molecule has 3 aromatic rings. The van der Waals surface area contributed by atoms with Gasteiger partial charge in [-0.25, -0.2) is 23.7 Å². The smallest absolute Gasteiger partial charge is 0.156 e. The number of rotatable bonds is 4. The summed E-state index contributed by atoms with van der Waals surface area (Å²) >= 11 is 0. The molecule has 1 saturated heterocycles. The summed E-state index contributed by atoms with van der Waals surface area (Å²) < 4.78 is 27.0. The Hall–Kier alpha value is -2.67. The summed E-state index contributed by atoms with van der Waals surface area (Å²) in [4.78, 5) is 19.0. The van der Waals surface area contributed by atoms with E-state index < -0.39 is 11.6 Å². The summed E-state index contributed by atoms with van der Waals surface area (Å²) in [6, 6.07) is 5.71. The molecule has 0 spiro atoms. The van der Waals surface area contributed by atoms with Crippen LogP contribution in [0.4, 0.5) is 8.78 Å². The highest BCUT2D eigenvalue weighted by Gasteiger charge is 2.24. The second-order valence-corrected chi connectivity index (χ2v) is 7.49. The minimum absolute atomic E-state index is 0.253. The molecular formula is C21H23F2N5. The zero-order chi connectivity index (χ0) is 19.7. The van der Waals surface area contributed by atoms with Gasteiger partial charge in [0.15, 0.2) is 5.82 Å². The number of hydrogen-bond donors (Lipinski definition) is 1. The van der Waals surface area contributed by atoms with Crippen LogP contribution >= 0.6 is 0 Å². The molecule has 1 aliphatic heterocycles. The Labute approximate surface area is 162 Å². The standard InChI is InChI=1S/C21H23F2N5/c1-13-10-24-21(25-13)20-9-19(26-14(2)27-20)16-4-3-5-28(12-16)11-15-6-17(22)8-18(23)7-15/h6-10,16H,3-5,11-12H2,1-2H3,(H,24,25). The van der Waals surface area contributed by atoms with E-state index in [0.29, 0.717) is 17.9 Å². The summed E-state index contributed by atoms with van der Waals surface area (Å²) in [6.07, 6.45) is 3.83. The van der Waals surface area contributed by atoms with Crippen molar-refractivity contribution in [3.05, 3.63) is 64.9 Å². The van der Waals surface area contributed by atoms with Crippen LogP contribution in [0.25, 0.3) is 11.5 Å². The summed E-state index contributed by atoms with van der Waals surface area (Å²) in [5.41, 5.74) is 3.43. The highest BCUT2D eigenvalue weighted by Crippen LogP contribution is 2.28. The third-order valence-electron chi connectivity index (χ3n) is 5.06. The Morgan fingerprint density at radius 3 is 2.61 bits per heavy atom. The Bertz CT molecular complexity index is 964. The van der Waals surface area contributed by atoms with Gasteiger partial charge in [-0.3, -0.25) is 4.90 Å². The largest absolute Gasteiger partial charge is 0.341 e. The summed E-state index contributed by atoms with van der Waals surface area (Å²) in [6.45, 7) is 6.08. The molecule has 1 fully saturated rings. The number of nitrogens with zero attached hydrogens (tertiary/aromatic N) is 4. The predicted molar refractivity (Wildman–Crippen MR) is 103 cm³/mol. The van der Waals surface area contributed by atoms with Gasteiger partial charge in [0.2, 0.25) is 0 Å². The quantitative estimate of drug-likeness (QED) is 0.736. The predicted octanol–water partition coefficient (Wildman–Crippen LogP) is 4.14. The molecule has 4 rings (SSSR count). The van der Waals surface area contributed by atoms with E-state index in [1.807, 2.05) is 19.9 Å². The molecule has 146 valence electrons. The molecule has 1 atom stereocenters. The average Bonchev–Trinajstić information content (AvgIpc) is 3.07. The molecular weight excluding hydrogens is 360 g/mol. The van der Waals surface area contributed by atoms with Crippen molar-refractivity contribution in [1.29, 1.82) is 0 Å². The number of piperidine rings is 1. The van der Waals surface area contributed by atoms with Crippen molar-refractivity contribution in [2.24, 2.45) is 0 Å². The number of H-pyrrole nitrogens is 1. The molecule has 28 heavy (non-hydrogen) atoms. The van der Waals surface area contributed by atoms with Crippen molar-refractivity contribution in [3.63, 3.8) is 0 Å². The molecule has 0 amide bonds. The summed E-state index contributed by atoms with van der Waals surface area (Å²) in [5, 5.41) is 0. The number of aromatic amines is 1. The number of halogens is 2. The SMILES string of the molecule is Cc1nc(-c2ncc(C)[nH]2)cc(C2CCCN(Cc3cc(F)cc(F)c3)C2)n1. The van der Waals surface area contributed by atoms with Crippen LogP contribution in [0.5, 0.6) is 0 Å².